The maximum absolute atomic E-state index is 11.3. The molecule has 1 aliphatic carbocycles. The fourth-order valence-corrected chi connectivity index (χ4v) is 3.19. The summed E-state index contributed by atoms with van der Waals surface area (Å²) in [5.41, 5.74) is 0.893. The van der Waals surface area contributed by atoms with Gasteiger partial charge in [0.25, 0.3) is 0 Å². The van der Waals surface area contributed by atoms with Crippen molar-refractivity contribution in [3.63, 3.8) is 0 Å². The van der Waals surface area contributed by atoms with Gasteiger partial charge >= 0.3 is 5.69 Å². The second kappa shape index (κ2) is 6.78. The average Bonchev–Trinajstić information content (AvgIpc) is 2.95. The average molecular weight is 292 g/mol. The summed E-state index contributed by atoms with van der Waals surface area (Å²) in [7, 11) is 0. The van der Waals surface area contributed by atoms with Crippen molar-refractivity contribution in [3.05, 3.63) is 28.3 Å². The summed E-state index contributed by atoms with van der Waals surface area (Å²) in [6.45, 7) is 5.25. The zero-order chi connectivity index (χ0) is 15.3. The number of hydrogen-bond donors (Lipinski definition) is 1. The highest BCUT2D eigenvalue weighted by Gasteiger charge is 2.32. The molecule has 21 heavy (non-hydrogen) atoms. The van der Waals surface area contributed by atoms with Gasteiger partial charge in [0.15, 0.2) is 5.75 Å². The lowest BCUT2D eigenvalue weighted by atomic mass is 9.83. The van der Waals surface area contributed by atoms with E-state index in [1.165, 1.54) is 25.7 Å². The lowest BCUT2D eigenvalue weighted by Gasteiger charge is -2.28. The van der Waals surface area contributed by atoms with Crippen LogP contribution in [-0.4, -0.2) is 18.1 Å². The maximum Gasteiger partial charge on any atom is 0.333 e. The Labute approximate surface area is 125 Å². The number of hydrogen-bond acceptors (Lipinski definition) is 4. The molecule has 0 heterocycles. The van der Waals surface area contributed by atoms with Crippen LogP contribution in [0.4, 0.5) is 11.4 Å². The molecule has 1 saturated carbocycles. The Bertz CT molecular complexity index is 496. The van der Waals surface area contributed by atoms with Gasteiger partial charge in [-0.1, -0.05) is 25.8 Å². The first-order valence-electron chi connectivity index (χ1n) is 7.76. The van der Waals surface area contributed by atoms with E-state index in [4.69, 9.17) is 4.74 Å². The van der Waals surface area contributed by atoms with Gasteiger partial charge in [0, 0.05) is 6.54 Å². The molecule has 0 bridgehead atoms. The zero-order valence-corrected chi connectivity index (χ0v) is 12.9. The van der Waals surface area contributed by atoms with E-state index in [0.29, 0.717) is 18.0 Å². The first kappa shape index (κ1) is 15.6. The van der Waals surface area contributed by atoms with E-state index < -0.39 is 0 Å². The summed E-state index contributed by atoms with van der Waals surface area (Å²) in [6, 6.07) is 5.21. The SMILES string of the molecule is CCOc1cccc(NCC2(CC)CCCC2)c1[N+](=O)[O-]. The van der Waals surface area contributed by atoms with Crippen LogP contribution in [0.1, 0.15) is 46.0 Å². The molecule has 2 rings (SSSR count). The van der Waals surface area contributed by atoms with E-state index in [2.05, 4.69) is 12.2 Å². The molecule has 116 valence electrons. The van der Waals surface area contributed by atoms with E-state index in [-0.39, 0.29) is 16.0 Å². The molecule has 0 aromatic heterocycles. The van der Waals surface area contributed by atoms with Gasteiger partial charge in [0.2, 0.25) is 0 Å². The molecule has 1 aromatic carbocycles. The molecule has 0 atom stereocenters. The smallest absolute Gasteiger partial charge is 0.333 e. The quantitative estimate of drug-likeness (QED) is 0.598. The number of benzene rings is 1. The number of ether oxygens (including phenoxy) is 1. The second-order valence-electron chi connectivity index (χ2n) is 5.76. The van der Waals surface area contributed by atoms with E-state index >= 15 is 0 Å². The Kier molecular flexibility index (Phi) is 5.04. The molecule has 0 aliphatic heterocycles. The summed E-state index contributed by atoms with van der Waals surface area (Å²) < 4.78 is 5.38. The zero-order valence-electron chi connectivity index (χ0n) is 12.9. The third-order valence-electron chi connectivity index (χ3n) is 4.55. The van der Waals surface area contributed by atoms with Crippen molar-refractivity contribution in [2.24, 2.45) is 5.41 Å². The minimum atomic E-state index is -0.361. The molecule has 1 fully saturated rings. The molecule has 0 saturated heterocycles. The molecule has 0 spiro atoms. The van der Waals surface area contributed by atoms with Crippen LogP contribution in [0.5, 0.6) is 5.75 Å². The van der Waals surface area contributed by atoms with Gasteiger partial charge in [-0.2, -0.15) is 0 Å². The Morgan fingerprint density at radius 2 is 2.05 bits per heavy atom. The van der Waals surface area contributed by atoms with Gasteiger partial charge in [0.05, 0.1) is 11.5 Å². The predicted octanol–water partition coefficient (Wildman–Crippen LogP) is 4.38. The van der Waals surface area contributed by atoms with Gasteiger partial charge in [-0.3, -0.25) is 10.1 Å². The lowest BCUT2D eigenvalue weighted by Crippen LogP contribution is -2.26. The van der Waals surface area contributed by atoms with Crippen molar-refractivity contribution in [2.75, 3.05) is 18.5 Å². The van der Waals surface area contributed by atoms with Crippen LogP contribution in [0.15, 0.2) is 18.2 Å². The van der Waals surface area contributed by atoms with Crippen LogP contribution in [0.25, 0.3) is 0 Å². The third kappa shape index (κ3) is 3.46. The number of para-hydroxylation sites is 1. The van der Waals surface area contributed by atoms with Crippen molar-refractivity contribution in [2.45, 2.75) is 46.0 Å². The molecule has 0 radical (unpaired) electrons. The molecule has 5 nitrogen and oxygen atoms in total. The van der Waals surface area contributed by atoms with Crippen LogP contribution in [0.2, 0.25) is 0 Å². The van der Waals surface area contributed by atoms with Gasteiger partial charge in [-0.05, 0) is 43.7 Å². The first-order chi connectivity index (χ1) is 10.1. The Morgan fingerprint density at radius 1 is 1.33 bits per heavy atom. The summed E-state index contributed by atoms with van der Waals surface area (Å²) in [6.07, 6.45) is 6.04. The normalized spacial score (nSPS) is 16.7. The first-order valence-corrected chi connectivity index (χ1v) is 7.76. The molecule has 1 N–H and O–H groups in total. The van der Waals surface area contributed by atoms with Gasteiger partial charge < -0.3 is 10.1 Å². The van der Waals surface area contributed by atoms with E-state index in [0.717, 1.165) is 13.0 Å². The molecule has 1 aliphatic rings. The summed E-state index contributed by atoms with van der Waals surface area (Å²) >= 11 is 0. The van der Waals surface area contributed by atoms with Crippen LogP contribution < -0.4 is 10.1 Å². The monoisotopic (exact) mass is 292 g/mol. The molecular formula is C16H24N2O3. The Morgan fingerprint density at radius 3 is 2.62 bits per heavy atom. The van der Waals surface area contributed by atoms with E-state index in [1.807, 2.05) is 6.92 Å². The van der Waals surface area contributed by atoms with Gasteiger partial charge in [-0.15, -0.1) is 0 Å². The van der Waals surface area contributed by atoms with Crippen molar-refractivity contribution in [3.8, 4) is 5.75 Å². The largest absolute Gasteiger partial charge is 0.487 e. The molecule has 1 aromatic rings. The van der Waals surface area contributed by atoms with Crippen LogP contribution >= 0.6 is 0 Å². The maximum atomic E-state index is 11.3. The number of nitrogens with zero attached hydrogens (tertiary/aromatic N) is 1. The van der Waals surface area contributed by atoms with Crippen LogP contribution in [0, 0.1) is 15.5 Å². The molecule has 5 heteroatoms. The summed E-state index contributed by atoms with van der Waals surface area (Å²) in [5.74, 6) is 0.337. The van der Waals surface area contributed by atoms with Crippen LogP contribution in [0.3, 0.4) is 0 Å². The van der Waals surface area contributed by atoms with Crippen molar-refractivity contribution in [1.29, 1.82) is 0 Å². The van der Waals surface area contributed by atoms with E-state index in [9.17, 15) is 10.1 Å². The highest BCUT2D eigenvalue weighted by atomic mass is 16.6. The molecule has 0 unspecified atom stereocenters. The highest BCUT2D eigenvalue weighted by Crippen LogP contribution is 2.42. The van der Waals surface area contributed by atoms with Crippen molar-refractivity contribution in [1.82, 2.24) is 0 Å². The molecular weight excluding hydrogens is 268 g/mol. The number of rotatable bonds is 7. The summed E-state index contributed by atoms with van der Waals surface area (Å²) in [4.78, 5) is 11.0. The minimum absolute atomic E-state index is 0.0450. The van der Waals surface area contributed by atoms with Gasteiger partial charge in [0.1, 0.15) is 5.69 Å². The number of anilines is 1. The summed E-state index contributed by atoms with van der Waals surface area (Å²) in [5, 5.41) is 14.7. The van der Waals surface area contributed by atoms with Crippen molar-refractivity contribution < 1.29 is 9.66 Å². The van der Waals surface area contributed by atoms with Crippen LogP contribution in [-0.2, 0) is 0 Å². The standard InChI is InChI=1S/C16H24N2O3/c1-3-16(10-5-6-11-16)12-17-13-8-7-9-14(21-4-2)15(13)18(19)20/h7-9,17H,3-6,10-12H2,1-2H3. The second-order valence-corrected chi connectivity index (χ2v) is 5.76. The number of nitro groups is 1. The Hall–Kier alpha value is -1.78. The third-order valence-corrected chi connectivity index (χ3v) is 4.55. The number of nitro benzene ring substituents is 1. The van der Waals surface area contributed by atoms with Gasteiger partial charge in [-0.25, -0.2) is 0 Å². The minimum Gasteiger partial charge on any atom is -0.487 e. The highest BCUT2D eigenvalue weighted by molar-refractivity contribution is 5.68. The van der Waals surface area contributed by atoms with E-state index in [1.54, 1.807) is 18.2 Å². The topological polar surface area (TPSA) is 64.4 Å². The lowest BCUT2D eigenvalue weighted by molar-refractivity contribution is -0.384. The Balaban J connectivity index is 2.19. The fraction of sp³-hybridized carbons (Fsp3) is 0.625. The number of nitrogens with one attached hydrogen (secondary N) is 1. The fourth-order valence-electron chi connectivity index (χ4n) is 3.19. The predicted molar refractivity (Wildman–Crippen MR) is 83.9 cm³/mol. The van der Waals surface area contributed by atoms with Crippen molar-refractivity contribution >= 4 is 11.4 Å². The molecule has 0 amide bonds.